The van der Waals surface area contributed by atoms with Gasteiger partial charge in [-0.25, -0.2) is 0 Å². The maximum atomic E-state index is 6.18. The Kier molecular flexibility index (Phi) is 5.41. The van der Waals surface area contributed by atoms with Gasteiger partial charge in [-0.15, -0.1) is 0 Å². The minimum absolute atomic E-state index is 0.908. The van der Waals surface area contributed by atoms with Gasteiger partial charge in [-0.3, -0.25) is 0 Å². The van der Waals surface area contributed by atoms with Crippen molar-refractivity contribution >= 4 is 65.6 Å². The van der Waals surface area contributed by atoms with E-state index in [1.165, 1.54) is 71.6 Å². The molecular weight excluding hydrogens is 572 g/mol. The Bertz CT molecular complexity index is 2860. The Labute approximate surface area is 271 Å². The third-order valence-corrected chi connectivity index (χ3v) is 9.81. The van der Waals surface area contributed by atoms with Crippen molar-refractivity contribution in [1.82, 2.24) is 9.13 Å². The van der Waals surface area contributed by atoms with Gasteiger partial charge in [0.05, 0.1) is 22.1 Å². The molecule has 10 aromatic rings. The van der Waals surface area contributed by atoms with Crippen molar-refractivity contribution in [2.24, 2.45) is 0 Å². The average Bonchev–Trinajstić information content (AvgIpc) is 3.75. The molecule has 3 aromatic heterocycles. The van der Waals surface area contributed by atoms with E-state index < -0.39 is 0 Å². The molecule has 47 heavy (non-hydrogen) atoms. The fourth-order valence-corrected chi connectivity index (χ4v) is 7.62. The van der Waals surface area contributed by atoms with E-state index in [-0.39, 0.29) is 0 Å². The van der Waals surface area contributed by atoms with Gasteiger partial charge in [-0.05, 0) is 104 Å². The third kappa shape index (κ3) is 3.87. The van der Waals surface area contributed by atoms with Crippen molar-refractivity contribution in [2.45, 2.75) is 13.8 Å². The molecule has 0 bridgehead atoms. The Morgan fingerprint density at radius 1 is 0.362 bits per heavy atom. The van der Waals surface area contributed by atoms with Crippen molar-refractivity contribution in [3.63, 3.8) is 0 Å². The normalized spacial score (nSPS) is 12.0. The standard InChI is InChI=1S/C44H30N2O/c1-27-12-18-39-35(22-27)33-17-14-30(25-42(33)46(39)32-16-21-44-38(26-32)34-10-6-7-11-43(34)47-44)29-15-20-41-37(24-29)36-23-28(2)13-19-40(36)45(41)31-8-4-3-5-9-31/h3-26H,1-2H3. The smallest absolute Gasteiger partial charge is 0.135 e. The molecule has 0 aliphatic carbocycles. The zero-order valence-corrected chi connectivity index (χ0v) is 26.2. The van der Waals surface area contributed by atoms with Crippen molar-refractivity contribution in [1.29, 1.82) is 0 Å². The van der Waals surface area contributed by atoms with Gasteiger partial charge in [-0.2, -0.15) is 0 Å². The zero-order chi connectivity index (χ0) is 31.2. The highest BCUT2D eigenvalue weighted by atomic mass is 16.3. The second-order valence-corrected chi connectivity index (χ2v) is 12.8. The summed E-state index contributed by atoms with van der Waals surface area (Å²) in [7, 11) is 0. The van der Waals surface area contributed by atoms with E-state index in [0.717, 1.165) is 27.6 Å². The summed E-state index contributed by atoms with van der Waals surface area (Å²) in [6.07, 6.45) is 0. The SMILES string of the molecule is Cc1ccc2c(c1)c1cc(-c3ccc4c5cc(C)ccc5n(-c5ccc6oc7ccccc7c6c5)c4c3)ccc1n2-c1ccccc1. The molecule has 0 saturated carbocycles. The molecule has 0 aliphatic rings. The summed E-state index contributed by atoms with van der Waals surface area (Å²) in [5.41, 5.74) is 13.9. The zero-order valence-electron chi connectivity index (χ0n) is 26.2. The van der Waals surface area contributed by atoms with Crippen LogP contribution in [0.5, 0.6) is 0 Å². The minimum atomic E-state index is 0.908. The molecule has 0 N–H and O–H groups in total. The Morgan fingerprint density at radius 3 is 1.74 bits per heavy atom. The van der Waals surface area contributed by atoms with Crippen molar-refractivity contribution < 1.29 is 4.42 Å². The highest BCUT2D eigenvalue weighted by Crippen LogP contribution is 2.39. The van der Waals surface area contributed by atoms with Gasteiger partial charge in [0, 0.05) is 43.7 Å². The van der Waals surface area contributed by atoms with Crippen molar-refractivity contribution in [3.05, 3.63) is 157 Å². The molecule has 3 heterocycles. The first-order valence-electron chi connectivity index (χ1n) is 16.2. The average molecular weight is 603 g/mol. The number of rotatable bonds is 3. The van der Waals surface area contributed by atoms with Gasteiger partial charge in [0.25, 0.3) is 0 Å². The number of aromatic nitrogens is 2. The largest absolute Gasteiger partial charge is 0.456 e. The van der Waals surface area contributed by atoms with Crippen molar-refractivity contribution in [3.8, 4) is 22.5 Å². The highest BCUT2D eigenvalue weighted by Gasteiger charge is 2.17. The maximum absolute atomic E-state index is 6.18. The van der Waals surface area contributed by atoms with Crippen LogP contribution in [0.1, 0.15) is 11.1 Å². The third-order valence-electron chi connectivity index (χ3n) is 9.81. The second-order valence-electron chi connectivity index (χ2n) is 12.8. The van der Waals surface area contributed by atoms with Gasteiger partial charge >= 0.3 is 0 Å². The molecule has 10 rings (SSSR count). The molecule has 3 nitrogen and oxygen atoms in total. The van der Waals surface area contributed by atoms with E-state index in [1.807, 2.05) is 12.1 Å². The van der Waals surface area contributed by atoms with Crippen LogP contribution in [0.25, 0.3) is 88.1 Å². The number of fused-ring (bicyclic) bond motifs is 9. The predicted molar refractivity (Wildman–Crippen MR) is 197 cm³/mol. The molecule has 0 fully saturated rings. The lowest BCUT2D eigenvalue weighted by Crippen LogP contribution is -1.94. The van der Waals surface area contributed by atoms with Crippen LogP contribution in [0, 0.1) is 13.8 Å². The van der Waals surface area contributed by atoms with Crippen LogP contribution in [0.2, 0.25) is 0 Å². The van der Waals surface area contributed by atoms with Gasteiger partial charge in [0.2, 0.25) is 0 Å². The number of furan rings is 1. The van der Waals surface area contributed by atoms with Crippen LogP contribution in [0.4, 0.5) is 0 Å². The summed E-state index contributed by atoms with van der Waals surface area (Å²) in [4.78, 5) is 0. The summed E-state index contributed by atoms with van der Waals surface area (Å²) in [6, 6.07) is 53.0. The summed E-state index contributed by atoms with van der Waals surface area (Å²) in [5, 5.41) is 7.32. The van der Waals surface area contributed by atoms with E-state index in [2.05, 4.69) is 156 Å². The van der Waals surface area contributed by atoms with E-state index in [0.29, 0.717) is 0 Å². The highest BCUT2D eigenvalue weighted by molar-refractivity contribution is 6.13. The van der Waals surface area contributed by atoms with Gasteiger partial charge < -0.3 is 13.6 Å². The number of para-hydroxylation sites is 2. The van der Waals surface area contributed by atoms with Crippen LogP contribution in [-0.4, -0.2) is 9.13 Å². The Hall–Kier alpha value is -6.06. The molecule has 0 radical (unpaired) electrons. The fraction of sp³-hybridized carbons (Fsp3) is 0.0455. The second kappa shape index (κ2) is 9.72. The number of hydrogen-bond acceptors (Lipinski definition) is 1. The first kappa shape index (κ1) is 26.2. The Balaban J connectivity index is 1.22. The molecule has 3 heteroatoms. The van der Waals surface area contributed by atoms with Gasteiger partial charge in [0.15, 0.2) is 0 Å². The van der Waals surface area contributed by atoms with E-state index in [1.54, 1.807) is 0 Å². The number of nitrogens with zero attached hydrogens (tertiary/aromatic N) is 2. The molecule has 0 spiro atoms. The van der Waals surface area contributed by atoms with Crippen LogP contribution in [0.3, 0.4) is 0 Å². The lowest BCUT2D eigenvalue weighted by Gasteiger charge is -2.10. The number of benzene rings is 7. The predicted octanol–water partition coefficient (Wildman–Crippen LogP) is 12.1. The summed E-state index contributed by atoms with van der Waals surface area (Å²) in [6.45, 7) is 4.34. The lowest BCUT2D eigenvalue weighted by atomic mass is 10.0. The van der Waals surface area contributed by atoms with Crippen molar-refractivity contribution in [2.75, 3.05) is 0 Å². The van der Waals surface area contributed by atoms with Gasteiger partial charge in [0.1, 0.15) is 11.2 Å². The summed E-state index contributed by atoms with van der Waals surface area (Å²) < 4.78 is 11.0. The van der Waals surface area contributed by atoms with E-state index in [4.69, 9.17) is 4.42 Å². The molecule has 0 unspecified atom stereocenters. The van der Waals surface area contributed by atoms with Crippen LogP contribution < -0.4 is 0 Å². The molecule has 7 aromatic carbocycles. The molecule has 0 saturated heterocycles. The molecule has 222 valence electrons. The van der Waals surface area contributed by atoms with E-state index >= 15 is 0 Å². The monoisotopic (exact) mass is 602 g/mol. The molecule has 0 amide bonds. The fourth-order valence-electron chi connectivity index (χ4n) is 7.62. The maximum Gasteiger partial charge on any atom is 0.135 e. The Morgan fingerprint density at radius 2 is 0.957 bits per heavy atom. The number of aryl methyl sites for hydroxylation is 2. The minimum Gasteiger partial charge on any atom is -0.456 e. The summed E-state index contributed by atoms with van der Waals surface area (Å²) >= 11 is 0. The van der Waals surface area contributed by atoms with Crippen LogP contribution in [-0.2, 0) is 0 Å². The van der Waals surface area contributed by atoms with Crippen LogP contribution >= 0.6 is 0 Å². The first-order chi connectivity index (χ1) is 23.1. The molecule has 0 atom stereocenters. The lowest BCUT2D eigenvalue weighted by molar-refractivity contribution is 0.669. The molecule has 0 aliphatic heterocycles. The topological polar surface area (TPSA) is 23.0 Å². The quantitative estimate of drug-likeness (QED) is 0.197. The van der Waals surface area contributed by atoms with Gasteiger partial charge in [-0.1, -0.05) is 77.9 Å². The molecular formula is C44H30N2O. The number of hydrogen-bond donors (Lipinski definition) is 0. The van der Waals surface area contributed by atoms with Crippen LogP contribution in [0.15, 0.2) is 150 Å². The summed E-state index contributed by atoms with van der Waals surface area (Å²) in [5.74, 6) is 0. The first-order valence-corrected chi connectivity index (χ1v) is 16.2. The van der Waals surface area contributed by atoms with E-state index in [9.17, 15) is 0 Å².